The number of para-hydroxylation sites is 1. The van der Waals surface area contributed by atoms with Crippen LogP contribution in [-0.4, -0.2) is 61.4 Å². The lowest BCUT2D eigenvalue weighted by atomic mass is 10.1. The Morgan fingerprint density at radius 3 is 2.78 bits per heavy atom. The summed E-state index contributed by atoms with van der Waals surface area (Å²) in [5.74, 6) is 0.937. The first-order valence-electron chi connectivity index (χ1n) is 8.99. The minimum absolute atomic E-state index is 0. The highest BCUT2D eigenvalue weighted by Gasteiger charge is 2.40. The predicted molar refractivity (Wildman–Crippen MR) is 123 cm³/mol. The van der Waals surface area contributed by atoms with Gasteiger partial charge in [-0.3, -0.25) is 4.99 Å². The van der Waals surface area contributed by atoms with Gasteiger partial charge in [0, 0.05) is 43.8 Å². The lowest BCUT2D eigenvalue weighted by Gasteiger charge is -2.39. The molecule has 1 aromatic carbocycles. The number of aromatic amines is 1. The van der Waals surface area contributed by atoms with Crippen LogP contribution in [-0.2, 0) is 16.3 Å². The van der Waals surface area contributed by atoms with Crippen LogP contribution in [0.2, 0.25) is 0 Å². The van der Waals surface area contributed by atoms with Crippen molar-refractivity contribution in [1.82, 2.24) is 15.2 Å². The van der Waals surface area contributed by atoms with Gasteiger partial charge in [0.2, 0.25) is 0 Å². The maximum absolute atomic E-state index is 12.2. The molecule has 0 atom stereocenters. The molecule has 0 unspecified atom stereocenters. The second kappa shape index (κ2) is 8.38. The second-order valence-electron chi connectivity index (χ2n) is 7.54. The highest BCUT2D eigenvalue weighted by atomic mass is 127. The number of guanidine groups is 1. The molecular formula is C19H29IN4O2S. The smallest absolute Gasteiger partial charge is 0.193 e. The van der Waals surface area contributed by atoms with Crippen LogP contribution in [0.3, 0.4) is 0 Å². The quantitative estimate of drug-likeness (QED) is 0.383. The number of aromatic nitrogens is 1. The van der Waals surface area contributed by atoms with Crippen LogP contribution in [0.15, 0.2) is 29.4 Å². The molecule has 0 aliphatic carbocycles. The number of aliphatic imine (C=N–C) groups is 1. The molecule has 2 heterocycles. The lowest BCUT2D eigenvalue weighted by Crippen LogP contribution is -2.57. The number of aryl methyl sites for hydroxylation is 1. The van der Waals surface area contributed by atoms with Crippen molar-refractivity contribution >= 4 is 50.7 Å². The Morgan fingerprint density at radius 2 is 2.11 bits per heavy atom. The first-order valence-corrected chi connectivity index (χ1v) is 10.6. The predicted octanol–water partition coefficient (Wildman–Crippen LogP) is 2.72. The highest BCUT2D eigenvalue weighted by Crippen LogP contribution is 2.24. The van der Waals surface area contributed by atoms with E-state index >= 15 is 0 Å². The molecule has 1 aromatic heterocycles. The summed E-state index contributed by atoms with van der Waals surface area (Å²) in [6.45, 7) is 7.37. The van der Waals surface area contributed by atoms with E-state index in [1.165, 1.54) is 22.0 Å². The Hall–Kier alpha value is -1.29. The Bertz CT molecular complexity index is 934. The van der Waals surface area contributed by atoms with Gasteiger partial charge in [0.05, 0.1) is 10.5 Å². The van der Waals surface area contributed by atoms with Gasteiger partial charge in [0.25, 0.3) is 0 Å². The van der Waals surface area contributed by atoms with Crippen molar-refractivity contribution in [1.29, 1.82) is 0 Å². The van der Waals surface area contributed by atoms with Crippen LogP contribution < -0.4 is 5.32 Å². The van der Waals surface area contributed by atoms with Gasteiger partial charge in [-0.2, -0.15) is 0 Å². The van der Waals surface area contributed by atoms with Gasteiger partial charge in [0.1, 0.15) is 0 Å². The maximum atomic E-state index is 12.2. The number of nitrogens with zero attached hydrogens (tertiary/aromatic N) is 2. The molecule has 1 fully saturated rings. The standard InChI is InChI=1S/C19H28N4O2S.HI/c1-14-6-5-7-16-15(12-22-17(14)16)8-9-21-18(20-4)23-10-11-26(24,25)19(2,3)13-23;/h5-7,12,22H,8-11,13H2,1-4H3,(H,20,21);1H. The Kier molecular flexibility index (Phi) is 6.83. The first-order chi connectivity index (χ1) is 12.2. The number of halogens is 1. The van der Waals surface area contributed by atoms with Crippen molar-refractivity contribution < 1.29 is 8.42 Å². The number of H-pyrrole nitrogens is 1. The van der Waals surface area contributed by atoms with Crippen LogP contribution in [0.4, 0.5) is 0 Å². The third-order valence-electron chi connectivity index (χ3n) is 5.24. The monoisotopic (exact) mass is 504 g/mol. The molecule has 2 N–H and O–H groups in total. The summed E-state index contributed by atoms with van der Waals surface area (Å²) in [5.41, 5.74) is 3.71. The van der Waals surface area contributed by atoms with E-state index in [1.54, 1.807) is 20.9 Å². The molecule has 0 spiro atoms. The van der Waals surface area contributed by atoms with Crippen molar-refractivity contribution in [3.8, 4) is 0 Å². The number of hydrogen-bond donors (Lipinski definition) is 2. The Morgan fingerprint density at radius 1 is 1.37 bits per heavy atom. The fraction of sp³-hybridized carbons (Fsp3) is 0.526. The Balaban J connectivity index is 0.00000261. The minimum Gasteiger partial charge on any atom is -0.361 e. The summed E-state index contributed by atoms with van der Waals surface area (Å²) in [4.78, 5) is 9.75. The summed E-state index contributed by atoms with van der Waals surface area (Å²) in [6.07, 6.45) is 2.94. The molecule has 6 nitrogen and oxygen atoms in total. The molecule has 8 heteroatoms. The zero-order valence-electron chi connectivity index (χ0n) is 16.4. The summed E-state index contributed by atoms with van der Waals surface area (Å²) in [6, 6.07) is 6.33. The third kappa shape index (κ3) is 4.42. The van der Waals surface area contributed by atoms with Crippen LogP contribution in [0, 0.1) is 6.92 Å². The summed E-state index contributed by atoms with van der Waals surface area (Å²) in [5, 5.41) is 4.65. The number of benzene rings is 1. The van der Waals surface area contributed by atoms with Gasteiger partial charge >= 0.3 is 0 Å². The van der Waals surface area contributed by atoms with Crippen molar-refractivity contribution in [3.63, 3.8) is 0 Å². The number of hydrogen-bond acceptors (Lipinski definition) is 3. The number of sulfone groups is 1. The second-order valence-corrected chi connectivity index (χ2v) is 10.3. The van der Waals surface area contributed by atoms with Crippen LogP contribution >= 0.6 is 24.0 Å². The third-order valence-corrected chi connectivity index (χ3v) is 7.77. The molecule has 0 radical (unpaired) electrons. The van der Waals surface area contributed by atoms with Gasteiger partial charge in [-0.15, -0.1) is 24.0 Å². The summed E-state index contributed by atoms with van der Waals surface area (Å²) >= 11 is 0. The van der Waals surface area contributed by atoms with E-state index in [4.69, 9.17) is 0 Å². The fourth-order valence-corrected chi connectivity index (χ4v) is 4.90. The zero-order valence-corrected chi connectivity index (χ0v) is 19.5. The van der Waals surface area contributed by atoms with Crippen molar-refractivity contribution in [2.75, 3.05) is 32.4 Å². The average molecular weight is 504 g/mol. The van der Waals surface area contributed by atoms with Crippen LogP contribution in [0.25, 0.3) is 10.9 Å². The van der Waals surface area contributed by atoms with E-state index in [0.29, 0.717) is 13.1 Å². The molecule has 1 aliphatic heterocycles. The van der Waals surface area contributed by atoms with Gasteiger partial charge in [0.15, 0.2) is 15.8 Å². The molecule has 0 amide bonds. The van der Waals surface area contributed by atoms with Crippen LogP contribution in [0.1, 0.15) is 25.0 Å². The molecule has 0 bridgehead atoms. The minimum atomic E-state index is -3.05. The van der Waals surface area contributed by atoms with Gasteiger partial charge in [-0.1, -0.05) is 18.2 Å². The maximum Gasteiger partial charge on any atom is 0.193 e. The number of fused-ring (bicyclic) bond motifs is 1. The van der Waals surface area contributed by atoms with E-state index in [1.807, 2.05) is 4.90 Å². The van der Waals surface area contributed by atoms with Gasteiger partial charge in [-0.05, 0) is 38.3 Å². The largest absolute Gasteiger partial charge is 0.361 e. The zero-order chi connectivity index (χ0) is 18.9. The van der Waals surface area contributed by atoms with E-state index in [-0.39, 0.29) is 29.7 Å². The molecule has 0 saturated carbocycles. The topological polar surface area (TPSA) is 77.6 Å². The molecule has 1 aliphatic rings. The molecule has 3 rings (SSSR count). The highest BCUT2D eigenvalue weighted by molar-refractivity contribution is 14.0. The number of rotatable bonds is 3. The average Bonchev–Trinajstić information content (AvgIpc) is 2.99. The molecule has 27 heavy (non-hydrogen) atoms. The van der Waals surface area contributed by atoms with Gasteiger partial charge in [-0.25, -0.2) is 8.42 Å². The van der Waals surface area contributed by atoms with E-state index in [0.717, 1.165) is 18.9 Å². The normalized spacial score (nSPS) is 19.0. The van der Waals surface area contributed by atoms with E-state index in [2.05, 4.69) is 46.6 Å². The van der Waals surface area contributed by atoms with E-state index in [9.17, 15) is 8.42 Å². The lowest BCUT2D eigenvalue weighted by molar-refractivity contribution is 0.353. The van der Waals surface area contributed by atoms with E-state index < -0.39 is 14.6 Å². The fourth-order valence-electron chi connectivity index (χ4n) is 3.54. The number of nitrogens with one attached hydrogen (secondary N) is 2. The Labute approximate surface area is 178 Å². The summed E-state index contributed by atoms with van der Waals surface area (Å²) < 4.78 is 23.6. The molecular weight excluding hydrogens is 475 g/mol. The van der Waals surface area contributed by atoms with Crippen molar-refractivity contribution in [2.24, 2.45) is 4.99 Å². The summed E-state index contributed by atoms with van der Waals surface area (Å²) in [7, 11) is -1.31. The van der Waals surface area contributed by atoms with Crippen molar-refractivity contribution in [3.05, 3.63) is 35.5 Å². The van der Waals surface area contributed by atoms with Gasteiger partial charge < -0.3 is 15.2 Å². The molecule has 1 saturated heterocycles. The molecule has 2 aromatic rings. The first kappa shape index (κ1) is 22.0. The SMILES string of the molecule is CN=C(NCCc1c[nH]c2c(C)cccc12)N1CCS(=O)(=O)C(C)(C)C1.I. The molecule has 150 valence electrons. The van der Waals surface area contributed by atoms with Crippen LogP contribution in [0.5, 0.6) is 0 Å². The van der Waals surface area contributed by atoms with Crippen molar-refractivity contribution in [2.45, 2.75) is 31.9 Å².